The van der Waals surface area contributed by atoms with Crippen LogP contribution >= 0.6 is 0 Å². The van der Waals surface area contributed by atoms with Gasteiger partial charge >= 0.3 is 0 Å². The smallest absolute Gasteiger partial charge is 0.186 e. The first-order valence-electron chi connectivity index (χ1n) is 9.55. The van der Waals surface area contributed by atoms with Crippen molar-refractivity contribution in [2.45, 2.75) is 76.9 Å². The van der Waals surface area contributed by atoms with Crippen molar-refractivity contribution in [3.63, 3.8) is 0 Å². The third kappa shape index (κ3) is 1.53. The summed E-state index contributed by atoms with van der Waals surface area (Å²) in [6.45, 7) is 4.82. The normalized spacial score (nSPS) is 60.0. The minimum absolute atomic E-state index is 0.0707. The molecule has 0 radical (unpaired) electrons. The van der Waals surface area contributed by atoms with Crippen LogP contribution in [0.3, 0.4) is 0 Å². The Morgan fingerprint density at radius 3 is 2.78 bits per heavy atom. The van der Waals surface area contributed by atoms with Crippen molar-refractivity contribution in [3.05, 3.63) is 0 Å². The van der Waals surface area contributed by atoms with Gasteiger partial charge in [-0.25, -0.2) is 0 Å². The lowest BCUT2D eigenvalue weighted by Crippen LogP contribution is -2.55. The number of carbonyl (C=O) groups excluding carboxylic acids is 1. The van der Waals surface area contributed by atoms with E-state index in [1.54, 1.807) is 0 Å². The van der Waals surface area contributed by atoms with Crippen LogP contribution in [-0.4, -0.2) is 17.5 Å². The van der Waals surface area contributed by atoms with Crippen LogP contribution in [0.2, 0.25) is 0 Å². The zero-order valence-electron chi connectivity index (χ0n) is 14.3. The maximum absolute atomic E-state index is 11.9. The van der Waals surface area contributed by atoms with Gasteiger partial charge in [0.05, 0.1) is 0 Å². The summed E-state index contributed by atoms with van der Waals surface area (Å²) in [5, 5.41) is 9.72. The standard InChI is InChI=1S/C20H27NO2/c1-18-7-5-13(22)9-12(18)3-4-14-15(18)6-8-19(2)16(14)10-17-20(19,11-21)23-17/h12,14-17H,3-10H2,1-2H3/t12-,14+,15-,16-,17+,18-,19-,20+/m0/s1. The van der Waals surface area contributed by atoms with Crippen LogP contribution in [0.5, 0.6) is 0 Å². The molecule has 0 unspecified atom stereocenters. The minimum atomic E-state index is -0.455. The van der Waals surface area contributed by atoms with Crippen LogP contribution in [0, 0.1) is 45.8 Å². The molecule has 0 aromatic rings. The monoisotopic (exact) mass is 313 g/mol. The molecule has 0 amide bonds. The molecule has 0 aromatic carbocycles. The topological polar surface area (TPSA) is 53.4 Å². The number of hydrogen-bond acceptors (Lipinski definition) is 3. The molecule has 124 valence electrons. The number of nitrogens with zero attached hydrogens (tertiary/aromatic N) is 1. The number of epoxide rings is 1. The van der Waals surface area contributed by atoms with E-state index in [2.05, 4.69) is 19.9 Å². The summed E-state index contributed by atoms with van der Waals surface area (Å²) in [6.07, 6.45) is 8.90. The van der Waals surface area contributed by atoms with E-state index >= 15 is 0 Å². The molecule has 4 saturated carbocycles. The SMILES string of the molecule is C[C@]12CCC(=O)C[C@@H]1CC[C@@H]1[C@@H]2CC[C@@]2(C)[C@H]1C[C@H]1O[C@]12C#N. The molecule has 23 heavy (non-hydrogen) atoms. The third-order valence-corrected chi connectivity index (χ3v) is 9.08. The van der Waals surface area contributed by atoms with Crippen molar-refractivity contribution in [1.29, 1.82) is 5.26 Å². The second-order valence-electron chi connectivity index (χ2n) is 9.55. The summed E-state index contributed by atoms with van der Waals surface area (Å²) in [4.78, 5) is 11.9. The highest BCUT2D eigenvalue weighted by Gasteiger charge is 2.78. The fraction of sp³-hybridized carbons (Fsp3) is 0.900. The predicted molar refractivity (Wildman–Crippen MR) is 85.3 cm³/mol. The highest BCUT2D eigenvalue weighted by Crippen LogP contribution is 2.73. The lowest BCUT2D eigenvalue weighted by atomic mass is 9.44. The third-order valence-electron chi connectivity index (χ3n) is 9.08. The molecular formula is C20H27NO2. The Morgan fingerprint density at radius 2 is 2.00 bits per heavy atom. The average Bonchev–Trinajstić information content (AvgIpc) is 3.20. The van der Waals surface area contributed by atoms with E-state index in [0.717, 1.165) is 43.9 Å². The van der Waals surface area contributed by atoms with Gasteiger partial charge in [0.15, 0.2) is 5.60 Å². The number of hydrogen-bond donors (Lipinski definition) is 0. The second kappa shape index (κ2) is 4.20. The van der Waals surface area contributed by atoms with Crippen molar-refractivity contribution in [3.8, 4) is 6.07 Å². The zero-order valence-corrected chi connectivity index (χ0v) is 14.3. The van der Waals surface area contributed by atoms with Crippen molar-refractivity contribution in [1.82, 2.24) is 0 Å². The fourth-order valence-electron chi connectivity index (χ4n) is 7.62. The van der Waals surface area contributed by atoms with E-state index in [9.17, 15) is 10.1 Å². The highest BCUT2D eigenvalue weighted by atomic mass is 16.6. The van der Waals surface area contributed by atoms with Gasteiger partial charge in [-0.3, -0.25) is 4.79 Å². The van der Waals surface area contributed by atoms with E-state index in [1.807, 2.05) is 0 Å². The van der Waals surface area contributed by atoms with Gasteiger partial charge in [0.2, 0.25) is 0 Å². The summed E-state index contributed by atoms with van der Waals surface area (Å²) in [5.41, 5.74) is -0.0181. The van der Waals surface area contributed by atoms with Gasteiger partial charge in [0.1, 0.15) is 18.0 Å². The number of ether oxygens (including phenoxy) is 1. The Bertz CT molecular complexity index is 624. The van der Waals surface area contributed by atoms with Crippen molar-refractivity contribution in [2.24, 2.45) is 34.5 Å². The van der Waals surface area contributed by atoms with Crippen molar-refractivity contribution < 1.29 is 9.53 Å². The van der Waals surface area contributed by atoms with E-state index in [1.165, 1.54) is 19.3 Å². The van der Waals surface area contributed by atoms with Gasteiger partial charge in [-0.05, 0) is 67.6 Å². The number of rotatable bonds is 0. The van der Waals surface area contributed by atoms with Gasteiger partial charge in [-0.15, -0.1) is 0 Å². The first-order valence-corrected chi connectivity index (χ1v) is 9.55. The van der Waals surface area contributed by atoms with Gasteiger partial charge in [-0.2, -0.15) is 5.26 Å². The Labute approximate surface area is 138 Å². The van der Waals surface area contributed by atoms with E-state index < -0.39 is 5.60 Å². The van der Waals surface area contributed by atoms with Gasteiger partial charge in [0.25, 0.3) is 0 Å². The lowest BCUT2D eigenvalue weighted by molar-refractivity contribution is -0.143. The summed E-state index contributed by atoms with van der Waals surface area (Å²) in [5.74, 6) is 3.29. The predicted octanol–water partition coefficient (Wildman–Crippen LogP) is 3.87. The van der Waals surface area contributed by atoms with Crippen LogP contribution < -0.4 is 0 Å². The van der Waals surface area contributed by atoms with Crippen LogP contribution in [0.4, 0.5) is 0 Å². The van der Waals surface area contributed by atoms with Crippen LogP contribution in [0.15, 0.2) is 0 Å². The molecular weight excluding hydrogens is 286 g/mol. The number of fused-ring (bicyclic) bond motifs is 7. The molecule has 0 N–H and O–H groups in total. The fourth-order valence-corrected chi connectivity index (χ4v) is 7.62. The molecule has 1 heterocycles. The van der Waals surface area contributed by atoms with Crippen LogP contribution in [0.25, 0.3) is 0 Å². The molecule has 1 aliphatic heterocycles. The average molecular weight is 313 g/mol. The summed E-state index contributed by atoms with van der Waals surface area (Å²) in [7, 11) is 0. The molecule has 8 atom stereocenters. The molecule has 3 nitrogen and oxygen atoms in total. The molecule has 5 fully saturated rings. The van der Waals surface area contributed by atoms with Gasteiger partial charge in [0, 0.05) is 18.3 Å². The Morgan fingerprint density at radius 1 is 1.17 bits per heavy atom. The maximum atomic E-state index is 11.9. The first kappa shape index (κ1) is 14.5. The quantitative estimate of drug-likeness (QED) is 0.638. The molecule has 4 aliphatic carbocycles. The van der Waals surface area contributed by atoms with E-state index in [4.69, 9.17) is 4.74 Å². The summed E-state index contributed by atoms with van der Waals surface area (Å²) >= 11 is 0. The molecule has 0 spiro atoms. The van der Waals surface area contributed by atoms with Gasteiger partial charge < -0.3 is 4.74 Å². The Balaban J connectivity index is 1.48. The number of nitriles is 1. The largest absolute Gasteiger partial charge is 0.349 e. The maximum Gasteiger partial charge on any atom is 0.186 e. The molecule has 3 heteroatoms. The Kier molecular flexibility index (Phi) is 2.64. The Hall–Kier alpha value is -0.880. The molecule has 0 bridgehead atoms. The number of ketones is 1. The van der Waals surface area contributed by atoms with Gasteiger partial charge in [-0.1, -0.05) is 13.8 Å². The molecule has 0 aromatic heterocycles. The lowest BCUT2D eigenvalue weighted by Gasteiger charge is -2.60. The van der Waals surface area contributed by atoms with Crippen molar-refractivity contribution >= 4 is 5.78 Å². The van der Waals surface area contributed by atoms with Crippen LogP contribution in [-0.2, 0) is 9.53 Å². The molecule has 1 saturated heterocycles. The van der Waals surface area contributed by atoms with E-state index in [-0.39, 0.29) is 11.5 Å². The minimum Gasteiger partial charge on any atom is -0.349 e. The van der Waals surface area contributed by atoms with Crippen LogP contribution in [0.1, 0.15) is 65.2 Å². The molecule has 5 rings (SSSR count). The highest BCUT2D eigenvalue weighted by molar-refractivity contribution is 5.79. The van der Waals surface area contributed by atoms with E-state index in [0.29, 0.717) is 23.0 Å². The second-order valence-corrected chi connectivity index (χ2v) is 9.55. The zero-order chi connectivity index (χ0) is 16.0. The number of carbonyl (C=O) groups is 1. The summed E-state index contributed by atoms with van der Waals surface area (Å²) in [6, 6.07) is 2.55. The number of Topliss-reactive ketones (excluding diaryl/α,β-unsaturated/α-hetero) is 1. The van der Waals surface area contributed by atoms with Crippen molar-refractivity contribution in [2.75, 3.05) is 0 Å². The first-order chi connectivity index (χ1) is 10.9. The summed E-state index contributed by atoms with van der Waals surface area (Å²) < 4.78 is 5.88. The molecule has 5 aliphatic rings.